The number of H-pyrrole nitrogens is 1. The van der Waals surface area contributed by atoms with Gasteiger partial charge in [0.2, 0.25) is 0 Å². The molecule has 0 aliphatic carbocycles. The van der Waals surface area contributed by atoms with E-state index >= 15 is 0 Å². The molecular weight excluding hydrogens is 208 g/mol. The second-order valence-electron chi connectivity index (χ2n) is 3.17. The minimum atomic E-state index is -0.429. The number of rotatable bonds is 3. The van der Waals surface area contributed by atoms with Crippen molar-refractivity contribution in [3.8, 4) is 11.5 Å². The second-order valence-corrected chi connectivity index (χ2v) is 3.17. The van der Waals surface area contributed by atoms with Gasteiger partial charge in [-0.15, -0.1) is 0 Å². The summed E-state index contributed by atoms with van der Waals surface area (Å²) in [5.41, 5.74) is 1.18. The molecule has 0 aromatic carbocycles. The van der Waals surface area contributed by atoms with Gasteiger partial charge in [0.25, 0.3) is 0 Å². The molecule has 0 aliphatic heterocycles. The molecule has 2 aromatic rings. The van der Waals surface area contributed by atoms with Crippen molar-refractivity contribution in [2.75, 3.05) is 7.11 Å². The Kier molecular flexibility index (Phi) is 2.72. The molecule has 0 saturated heterocycles. The van der Waals surface area contributed by atoms with Gasteiger partial charge in [0.05, 0.1) is 13.3 Å². The highest BCUT2D eigenvalue weighted by molar-refractivity contribution is 5.87. The first-order valence-corrected chi connectivity index (χ1v) is 4.91. The van der Waals surface area contributed by atoms with Crippen molar-refractivity contribution in [1.29, 1.82) is 0 Å². The van der Waals surface area contributed by atoms with Crippen molar-refractivity contribution in [2.24, 2.45) is 0 Å². The highest BCUT2D eigenvalue weighted by Crippen LogP contribution is 2.15. The zero-order valence-corrected chi connectivity index (χ0v) is 9.10. The van der Waals surface area contributed by atoms with Crippen LogP contribution in [0.2, 0.25) is 0 Å². The highest BCUT2D eigenvalue weighted by atomic mass is 16.5. The average molecular weight is 220 g/mol. The van der Waals surface area contributed by atoms with E-state index < -0.39 is 5.97 Å². The monoisotopic (exact) mass is 220 g/mol. The van der Waals surface area contributed by atoms with Gasteiger partial charge in [0.1, 0.15) is 11.4 Å². The maximum Gasteiger partial charge on any atom is 0.356 e. The van der Waals surface area contributed by atoms with E-state index in [0.29, 0.717) is 11.5 Å². The number of aromatic amines is 1. The molecular formula is C10H12N4O2. The smallest absolute Gasteiger partial charge is 0.356 e. The van der Waals surface area contributed by atoms with Crippen LogP contribution in [0.25, 0.3) is 11.5 Å². The summed E-state index contributed by atoms with van der Waals surface area (Å²) < 4.78 is 6.38. The van der Waals surface area contributed by atoms with E-state index in [-0.39, 0.29) is 0 Å². The van der Waals surface area contributed by atoms with Gasteiger partial charge in [0, 0.05) is 12.7 Å². The van der Waals surface area contributed by atoms with E-state index in [0.717, 1.165) is 12.2 Å². The summed E-state index contributed by atoms with van der Waals surface area (Å²) in [6.07, 6.45) is 3.15. The molecule has 0 amide bonds. The molecule has 0 radical (unpaired) electrons. The van der Waals surface area contributed by atoms with Crippen LogP contribution in [0.5, 0.6) is 0 Å². The normalized spacial score (nSPS) is 10.4. The molecule has 0 aliphatic rings. The van der Waals surface area contributed by atoms with E-state index in [1.54, 1.807) is 10.9 Å². The highest BCUT2D eigenvalue weighted by Gasteiger charge is 2.12. The lowest BCUT2D eigenvalue weighted by molar-refractivity contribution is 0.0595. The van der Waals surface area contributed by atoms with Crippen molar-refractivity contribution in [1.82, 2.24) is 19.7 Å². The van der Waals surface area contributed by atoms with Crippen molar-refractivity contribution >= 4 is 5.97 Å². The Labute approximate surface area is 92.3 Å². The zero-order valence-electron chi connectivity index (χ0n) is 9.10. The number of methoxy groups -OCH3 is 1. The standard InChI is InChI=1S/C10H12N4O2/c1-3-14-8(4-5-12-14)9-11-6-7(13-9)10(15)16-2/h4-6H,3H2,1-2H3,(H,11,13). The lowest BCUT2D eigenvalue weighted by atomic mass is 10.4. The fourth-order valence-corrected chi connectivity index (χ4v) is 1.45. The summed E-state index contributed by atoms with van der Waals surface area (Å²) in [5.74, 6) is 0.182. The van der Waals surface area contributed by atoms with Crippen LogP contribution >= 0.6 is 0 Å². The van der Waals surface area contributed by atoms with Crippen molar-refractivity contribution in [3.63, 3.8) is 0 Å². The van der Waals surface area contributed by atoms with Crippen LogP contribution in [-0.2, 0) is 11.3 Å². The van der Waals surface area contributed by atoms with E-state index in [9.17, 15) is 4.79 Å². The minimum Gasteiger partial charge on any atom is -0.464 e. The SMILES string of the molecule is CCn1nccc1-c1ncc(C(=O)OC)[nH]1. The zero-order chi connectivity index (χ0) is 11.5. The number of esters is 1. The van der Waals surface area contributed by atoms with Crippen LogP contribution in [-0.4, -0.2) is 32.8 Å². The van der Waals surface area contributed by atoms with Gasteiger partial charge in [-0.3, -0.25) is 4.68 Å². The van der Waals surface area contributed by atoms with Gasteiger partial charge in [-0.25, -0.2) is 9.78 Å². The molecule has 0 spiro atoms. The number of imidazole rings is 1. The average Bonchev–Trinajstić information content (AvgIpc) is 2.95. The first kappa shape index (κ1) is 10.4. The molecule has 1 N–H and O–H groups in total. The second kappa shape index (κ2) is 4.18. The number of ether oxygens (including phenoxy) is 1. The minimum absolute atomic E-state index is 0.335. The predicted molar refractivity (Wildman–Crippen MR) is 56.8 cm³/mol. The third-order valence-electron chi connectivity index (χ3n) is 2.24. The summed E-state index contributed by atoms with van der Waals surface area (Å²) in [6, 6.07) is 1.84. The Bertz CT molecular complexity index is 500. The molecule has 16 heavy (non-hydrogen) atoms. The molecule has 0 saturated carbocycles. The van der Waals surface area contributed by atoms with E-state index in [4.69, 9.17) is 0 Å². The van der Waals surface area contributed by atoms with Crippen LogP contribution in [0, 0.1) is 0 Å². The van der Waals surface area contributed by atoms with Crippen molar-refractivity contribution in [3.05, 3.63) is 24.2 Å². The fourth-order valence-electron chi connectivity index (χ4n) is 1.45. The largest absolute Gasteiger partial charge is 0.464 e. The number of hydrogen-bond acceptors (Lipinski definition) is 4. The Hall–Kier alpha value is -2.11. The molecule has 0 atom stereocenters. The maximum absolute atomic E-state index is 11.2. The van der Waals surface area contributed by atoms with Crippen LogP contribution in [0.15, 0.2) is 18.5 Å². The van der Waals surface area contributed by atoms with E-state index in [1.807, 2.05) is 13.0 Å². The van der Waals surface area contributed by atoms with Gasteiger partial charge in [-0.2, -0.15) is 5.10 Å². The number of nitrogens with zero attached hydrogens (tertiary/aromatic N) is 3. The Balaban J connectivity index is 2.35. The van der Waals surface area contributed by atoms with Crippen LogP contribution in [0.3, 0.4) is 0 Å². The number of aromatic nitrogens is 4. The summed E-state index contributed by atoms with van der Waals surface area (Å²) in [5, 5.41) is 4.13. The first-order chi connectivity index (χ1) is 7.76. The number of nitrogens with one attached hydrogen (secondary N) is 1. The van der Waals surface area contributed by atoms with Crippen molar-refractivity contribution in [2.45, 2.75) is 13.5 Å². The third-order valence-corrected chi connectivity index (χ3v) is 2.24. The van der Waals surface area contributed by atoms with Crippen LogP contribution in [0.1, 0.15) is 17.4 Å². The molecule has 6 nitrogen and oxygen atoms in total. The van der Waals surface area contributed by atoms with Crippen LogP contribution < -0.4 is 0 Å². The lowest BCUT2D eigenvalue weighted by Crippen LogP contribution is -2.02. The van der Waals surface area contributed by atoms with Crippen LogP contribution in [0.4, 0.5) is 0 Å². The first-order valence-electron chi connectivity index (χ1n) is 4.91. The topological polar surface area (TPSA) is 72.8 Å². The molecule has 0 bridgehead atoms. The maximum atomic E-state index is 11.2. The number of aryl methyl sites for hydroxylation is 1. The van der Waals surface area contributed by atoms with Gasteiger partial charge in [0.15, 0.2) is 5.82 Å². The molecule has 0 unspecified atom stereocenters. The molecule has 6 heteroatoms. The molecule has 0 fully saturated rings. The fraction of sp³-hybridized carbons (Fsp3) is 0.300. The Morgan fingerprint density at radius 2 is 2.44 bits per heavy atom. The Morgan fingerprint density at radius 3 is 3.12 bits per heavy atom. The molecule has 2 heterocycles. The van der Waals surface area contributed by atoms with Gasteiger partial charge in [-0.05, 0) is 13.0 Å². The van der Waals surface area contributed by atoms with Gasteiger partial charge < -0.3 is 9.72 Å². The molecule has 84 valence electrons. The van der Waals surface area contributed by atoms with E-state index in [2.05, 4.69) is 19.8 Å². The predicted octanol–water partition coefficient (Wildman–Crippen LogP) is 1.08. The molecule has 2 aromatic heterocycles. The van der Waals surface area contributed by atoms with Crippen molar-refractivity contribution < 1.29 is 9.53 Å². The lowest BCUT2D eigenvalue weighted by Gasteiger charge is -2.00. The number of carbonyl (C=O) groups excluding carboxylic acids is 1. The van der Waals surface area contributed by atoms with E-state index in [1.165, 1.54) is 13.3 Å². The van der Waals surface area contributed by atoms with Gasteiger partial charge in [-0.1, -0.05) is 0 Å². The quantitative estimate of drug-likeness (QED) is 0.785. The summed E-state index contributed by atoms with van der Waals surface area (Å²) in [6.45, 7) is 2.73. The third kappa shape index (κ3) is 1.69. The summed E-state index contributed by atoms with van der Waals surface area (Å²) >= 11 is 0. The number of carbonyl (C=O) groups is 1. The Morgan fingerprint density at radius 1 is 1.62 bits per heavy atom. The van der Waals surface area contributed by atoms with Gasteiger partial charge >= 0.3 is 5.97 Å². The number of hydrogen-bond donors (Lipinski definition) is 1. The summed E-state index contributed by atoms with van der Waals surface area (Å²) in [7, 11) is 1.33. The molecule has 2 rings (SSSR count). The summed E-state index contributed by atoms with van der Waals surface area (Å²) in [4.78, 5) is 18.2.